The second-order valence-corrected chi connectivity index (χ2v) is 7.86. The largest absolute Gasteiger partial charge is 0.299 e. The van der Waals surface area contributed by atoms with Gasteiger partial charge in [-0.15, -0.1) is 0 Å². The van der Waals surface area contributed by atoms with Crippen LogP contribution in [0.4, 0.5) is 14.5 Å². The first kappa shape index (κ1) is 17.8. The highest BCUT2D eigenvalue weighted by Crippen LogP contribution is 2.21. The van der Waals surface area contributed by atoms with Crippen LogP contribution in [-0.2, 0) is 16.6 Å². The highest BCUT2D eigenvalue weighted by atomic mass is 32.2. The van der Waals surface area contributed by atoms with E-state index in [2.05, 4.69) is 9.62 Å². The van der Waals surface area contributed by atoms with Crippen molar-refractivity contribution in [2.45, 2.75) is 30.7 Å². The van der Waals surface area contributed by atoms with E-state index >= 15 is 0 Å². The predicted octanol–water partition coefficient (Wildman–Crippen LogP) is 3.75. The maximum atomic E-state index is 13.7. The number of hydrogen-bond donors (Lipinski definition) is 1. The van der Waals surface area contributed by atoms with Crippen molar-refractivity contribution in [3.05, 3.63) is 59.7 Å². The summed E-state index contributed by atoms with van der Waals surface area (Å²) >= 11 is 0. The van der Waals surface area contributed by atoms with Gasteiger partial charge in [0.2, 0.25) is 0 Å². The lowest BCUT2D eigenvalue weighted by atomic mass is 10.1. The number of sulfonamides is 1. The molecular weight excluding hydrogens is 346 g/mol. The highest BCUT2D eigenvalue weighted by molar-refractivity contribution is 7.92. The van der Waals surface area contributed by atoms with Gasteiger partial charge in [0, 0.05) is 18.3 Å². The second kappa shape index (κ2) is 7.49. The van der Waals surface area contributed by atoms with Gasteiger partial charge in [-0.05, 0) is 55.8 Å². The first-order valence-electron chi connectivity index (χ1n) is 8.23. The van der Waals surface area contributed by atoms with E-state index in [-0.39, 0.29) is 0 Å². The van der Waals surface area contributed by atoms with Crippen molar-refractivity contribution in [2.24, 2.45) is 0 Å². The van der Waals surface area contributed by atoms with E-state index in [9.17, 15) is 17.2 Å². The van der Waals surface area contributed by atoms with Gasteiger partial charge >= 0.3 is 0 Å². The zero-order valence-corrected chi connectivity index (χ0v) is 14.5. The molecule has 1 heterocycles. The van der Waals surface area contributed by atoms with Crippen molar-refractivity contribution in [1.29, 1.82) is 0 Å². The van der Waals surface area contributed by atoms with Crippen LogP contribution in [0.25, 0.3) is 0 Å². The molecule has 1 saturated heterocycles. The molecule has 7 heteroatoms. The zero-order valence-electron chi connectivity index (χ0n) is 13.7. The van der Waals surface area contributed by atoms with Crippen LogP contribution in [0.5, 0.6) is 0 Å². The van der Waals surface area contributed by atoms with E-state index in [0.29, 0.717) is 11.8 Å². The number of halogens is 2. The van der Waals surface area contributed by atoms with Gasteiger partial charge in [0.15, 0.2) is 0 Å². The molecule has 134 valence electrons. The van der Waals surface area contributed by atoms with Gasteiger partial charge in [0.1, 0.15) is 16.5 Å². The van der Waals surface area contributed by atoms with Crippen LogP contribution in [0, 0.1) is 11.6 Å². The molecule has 25 heavy (non-hydrogen) atoms. The van der Waals surface area contributed by atoms with E-state index in [1.165, 1.54) is 19.3 Å². The van der Waals surface area contributed by atoms with Gasteiger partial charge in [-0.2, -0.15) is 0 Å². The molecule has 1 N–H and O–H groups in total. The van der Waals surface area contributed by atoms with Crippen LogP contribution in [0.2, 0.25) is 0 Å². The van der Waals surface area contributed by atoms with Crippen molar-refractivity contribution in [3.8, 4) is 0 Å². The van der Waals surface area contributed by atoms with E-state index in [0.717, 1.165) is 37.3 Å². The summed E-state index contributed by atoms with van der Waals surface area (Å²) in [5.74, 6) is -1.94. The van der Waals surface area contributed by atoms with Crippen molar-refractivity contribution >= 4 is 15.7 Å². The van der Waals surface area contributed by atoms with Gasteiger partial charge < -0.3 is 0 Å². The van der Waals surface area contributed by atoms with Crippen molar-refractivity contribution in [1.82, 2.24) is 4.90 Å². The molecular formula is C18H20F2N2O2S. The average molecular weight is 366 g/mol. The number of likely N-dealkylation sites (tertiary alicyclic amines) is 1. The summed E-state index contributed by atoms with van der Waals surface area (Å²) in [6.07, 6.45) is 3.69. The third kappa shape index (κ3) is 4.55. The van der Waals surface area contributed by atoms with Gasteiger partial charge in [-0.1, -0.05) is 18.6 Å². The molecule has 0 radical (unpaired) electrons. The minimum absolute atomic E-state index is 0.339. The molecule has 2 aromatic rings. The summed E-state index contributed by atoms with van der Waals surface area (Å²) in [6.45, 7) is 3.00. The minimum Gasteiger partial charge on any atom is -0.299 e. The number of nitrogens with one attached hydrogen (secondary N) is 1. The molecule has 0 aromatic heterocycles. The molecule has 0 bridgehead atoms. The van der Waals surface area contributed by atoms with Crippen molar-refractivity contribution in [2.75, 3.05) is 17.8 Å². The number of piperidine rings is 1. The Labute approximate surface area is 146 Å². The maximum absolute atomic E-state index is 13.7. The van der Waals surface area contributed by atoms with Crippen molar-refractivity contribution in [3.63, 3.8) is 0 Å². The molecule has 2 aromatic carbocycles. The van der Waals surface area contributed by atoms with Gasteiger partial charge in [0.25, 0.3) is 10.0 Å². The van der Waals surface area contributed by atoms with E-state index < -0.39 is 26.6 Å². The number of nitrogens with zero attached hydrogens (tertiary/aromatic N) is 1. The van der Waals surface area contributed by atoms with Crippen molar-refractivity contribution < 1.29 is 17.2 Å². The summed E-state index contributed by atoms with van der Waals surface area (Å²) in [4.78, 5) is 1.79. The molecule has 1 fully saturated rings. The van der Waals surface area contributed by atoms with E-state index in [4.69, 9.17) is 0 Å². The molecule has 1 aliphatic heterocycles. The van der Waals surface area contributed by atoms with Crippen LogP contribution in [0.3, 0.4) is 0 Å². The van der Waals surface area contributed by atoms with Crippen LogP contribution < -0.4 is 4.72 Å². The molecule has 1 aliphatic rings. The summed E-state index contributed by atoms with van der Waals surface area (Å²) in [5, 5.41) is 0. The Morgan fingerprint density at radius 2 is 1.64 bits per heavy atom. The lowest BCUT2D eigenvalue weighted by molar-refractivity contribution is 0.221. The summed E-state index contributed by atoms with van der Waals surface area (Å²) < 4.78 is 53.5. The smallest absolute Gasteiger partial charge is 0.264 e. The SMILES string of the molecule is O=S(=O)(Nc1ccc(CN2CCCCC2)cc1)c1ccc(F)cc1F. The van der Waals surface area contributed by atoms with Crippen LogP contribution in [-0.4, -0.2) is 26.4 Å². The Bertz CT molecular complexity index is 833. The van der Waals surface area contributed by atoms with Gasteiger partial charge in [-0.25, -0.2) is 17.2 Å². The topological polar surface area (TPSA) is 49.4 Å². The number of rotatable bonds is 5. The zero-order chi connectivity index (χ0) is 17.9. The maximum Gasteiger partial charge on any atom is 0.264 e. The Kier molecular flexibility index (Phi) is 5.34. The lowest BCUT2D eigenvalue weighted by Gasteiger charge is -2.26. The predicted molar refractivity (Wildman–Crippen MR) is 92.7 cm³/mol. The first-order chi connectivity index (χ1) is 11.9. The highest BCUT2D eigenvalue weighted by Gasteiger charge is 2.19. The molecule has 0 spiro atoms. The molecule has 4 nitrogen and oxygen atoms in total. The minimum atomic E-state index is -4.10. The molecule has 0 aliphatic carbocycles. The lowest BCUT2D eigenvalue weighted by Crippen LogP contribution is -2.29. The standard InChI is InChI=1S/C18H20F2N2O2S/c19-15-6-9-18(17(20)12-15)25(23,24)21-16-7-4-14(5-8-16)13-22-10-2-1-3-11-22/h4-9,12,21H,1-3,10-11,13H2. The number of anilines is 1. The molecule has 0 atom stereocenters. The third-order valence-corrected chi connectivity index (χ3v) is 5.66. The number of hydrogen-bond acceptors (Lipinski definition) is 3. The molecule has 3 rings (SSSR count). The first-order valence-corrected chi connectivity index (χ1v) is 9.71. The van der Waals surface area contributed by atoms with Gasteiger partial charge in [-0.3, -0.25) is 9.62 Å². The van der Waals surface area contributed by atoms with Crippen LogP contribution in [0.15, 0.2) is 47.4 Å². The third-order valence-electron chi connectivity index (χ3n) is 4.24. The Hall–Kier alpha value is -1.99. The second-order valence-electron chi connectivity index (χ2n) is 6.21. The Morgan fingerprint density at radius 1 is 0.960 bits per heavy atom. The van der Waals surface area contributed by atoms with Crippen LogP contribution >= 0.6 is 0 Å². The fourth-order valence-corrected chi connectivity index (χ4v) is 4.08. The average Bonchev–Trinajstić information content (AvgIpc) is 2.57. The van der Waals surface area contributed by atoms with Gasteiger partial charge in [0.05, 0.1) is 0 Å². The Morgan fingerprint density at radius 3 is 2.28 bits per heavy atom. The monoisotopic (exact) mass is 366 g/mol. The molecule has 0 saturated carbocycles. The van der Waals surface area contributed by atoms with Crippen LogP contribution in [0.1, 0.15) is 24.8 Å². The van der Waals surface area contributed by atoms with E-state index in [1.807, 2.05) is 12.1 Å². The molecule has 0 amide bonds. The normalized spacial score (nSPS) is 15.9. The quantitative estimate of drug-likeness (QED) is 0.877. The number of benzene rings is 2. The molecule has 0 unspecified atom stereocenters. The summed E-state index contributed by atoms with van der Waals surface area (Å²) in [5.41, 5.74) is 1.43. The Balaban J connectivity index is 1.69. The summed E-state index contributed by atoms with van der Waals surface area (Å²) in [7, 11) is -4.10. The fraction of sp³-hybridized carbons (Fsp3) is 0.333. The summed E-state index contributed by atoms with van der Waals surface area (Å²) in [6, 6.07) is 9.39. The van der Waals surface area contributed by atoms with E-state index in [1.54, 1.807) is 12.1 Å². The fourth-order valence-electron chi connectivity index (χ4n) is 2.96.